The second-order valence-corrected chi connectivity index (χ2v) is 5.50. The van der Waals surface area contributed by atoms with Gasteiger partial charge < -0.3 is 4.57 Å². The third-order valence-electron chi connectivity index (χ3n) is 4.07. The van der Waals surface area contributed by atoms with Crippen LogP contribution in [0.15, 0.2) is 72.9 Å². The van der Waals surface area contributed by atoms with Crippen LogP contribution in [-0.2, 0) is 0 Å². The van der Waals surface area contributed by atoms with Gasteiger partial charge in [-0.2, -0.15) is 0 Å². The molecule has 3 aromatic rings. The predicted molar refractivity (Wildman–Crippen MR) is 89.3 cm³/mol. The largest absolute Gasteiger partial charge is 0.340 e. The van der Waals surface area contributed by atoms with Crippen molar-refractivity contribution in [3.8, 4) is 0 Å². The summed E-state index contributed by atoms with van der Waals surface area (Å²) in [6.45, 7) is 3.63. The summed E-state index contributed by atoms with van der Waals surface area (Å²) in [4.78, 5) is 11.8. The van der Waals surface area contributed by atoms with Crippen molar-refractivity contribution in [1.82, 2.24) is 4.57 Å². The smallest absolute Gasteiger partial charge is 0.161 e. The summed E-state index contributed by atoms with van der Waals surface area (Å²) >= 11 is 0. The van der Waals surface area contributed by atoms with Gasteiger partial charge in [-0.1, -0.05) is 60.7 Å². The molecule has 2 nitrogen and oxygen atoms in total. The Kier molecular flexibility index (Phi) is 3.92. The van der Waals surface area contributed by atoms with Gasteiger partial charge in [0.05, 0.1) is 6.04 Å². The first kappa shape index (κ1) is 14.3. The standard InChI is InChI=1S/C20H19NO/c1-15-19(16(2)22)13-14-21(15)20(17-9-5-3-6-10-17)18-11-7-4-8-12-18/h3-14,20H,1-2H3. The van der Waals surface area contributed by atoms with E-state index in [4.69, 9.17) is 0 Å². The first-order valence-electron chi connectivity index (χ1n) is 7.46. The van der Waals surface area contributed by atoms with Gasteiger partial charge in [0.25, 0.3) is 0 Å². The van der Waals surface area contributed by atoms with Gasteiger partial charge >= 0.3 is 0 Å². The fourth-order valence-corrected chi connectivity index (χ4v) is 2.96. The van der Waals surface area contributed by atoms with Crippen molar-refractivity contribution in [1.29, 1.82) is 0 Å². The number of carbonyl (C=O) groups excluding carboxylic acids is 1. The molecule has 0 amide bonds. The molecule has 0 saturated carbocycles. The fraction of sp³-hybridized carbons (Fsp3) is 0.150. The van der Waals surface area contributed by atoms with E-state index >= 15 is 0 Å². The van der Waals surface area contributed by atoms with Crippen molar-refractivity contribution in [2.45, 2.75) is 19.9 Å². The Morgan fingerprint density at radius 1 is 0.864 bits per heavy atom. The van der Waals surface area contributed by atoms with Gasteiger partial charge in [-0.05, 0) is 31.0 Å². The number of Topliss-reactive ketones (excluding diaryl/α,β-unsaturated/α-hetero) is 1. The molecule has 2 aromatic carbocycles. The Hall–Kier alpha value is -2.61. The lowest BCUT2D eigenvalue weighted by atomic mass is 9.98. The van der Waals surface area contributed by atoms with Crippen LogP contribution in [0, 0.1) is 6.92 Å². The van der Waals surface area contributed by atoms with Crippen LogP contribution >= 0.6 is 0 Å². The Labute approximate surface area is 131 Å². The van der Waals surface area contributed by atoms with Gasteiger partial charge in [-0.3, -0.25) is 4.79 Å². The third kappa shape index (κ3) is 2.60. The number of benzene rings is 2. The fourth-order valence-electron chi connectivity index (χ4n) is 2.96. The van der Waals surface area contributed by atoms with Gasteiger partial charge in [-0.25, -0.2) is 0 Å². The summed E-state index contributed by atoms with van der Waals surface area (Å²) < 4.78 is 2.18. The average Bonchev–Trinajstić information content (AvgIpc) is 2.92. The molecule has 0 aliphatic heterocycles. The van der Waals surface area contributed by atoms with Crippen molar-refractivity contribution in [2.75, 3.05) is 0 Å². The number of hydrogen-bond acceptors (Lipinski definition) is 1. The minimum atomic E-state index is 0.0792. The van der Waals surface area contributed by atoms with Crippen LogP contribution in [0.2, 0.25) is 0 Å². The number of ketones is 1. The number of nitrogens with zero attached hydrogens (tertiary/aromatic N) is 1. The highest BCUT2D eigenvalue weighted by Crippen LogP contribution is 2.29. The molecule has 0 fully saturated rings. The number of rotatable bonds is 4. The van der Waals surface area contributed by atoms with Crippen molar-refractivity contribution in [3.05, 3.63) is 95.3 Å². The summed E-state index contributed by atoms with van der Waals surface area (Å²) in [5.41, 5.74) is 4.21. The first-order chi connectivity index (χ1) is 10.7. The lowest BCUT2D eigenvalue weighted by Crippen LogP contribution is -2.13. The number of carbonyl (C=O) groups is 1. The molecule has 22 heavy (non-hydrogen) atoms. The maximum atomic E-state index is 11.8. The van der Waals surface area contributed by atoms with Crippen molar-refractivity contribution >= 4 is 5.78 Å². The van der Waals surface area contributed by atoms with E-state index in [1.165, 1.54) is 11.1 Å². The van der Waals surface area contributed by atoms with Gasteiger partial charge in [0.15, 0.2) is 5.78 Å². The first-order valence-corrected chi connectivity index (χ1v) is 7.46. The molecule has 2 heteroatoms. The Morgan fingerprint density at radius 3 is 1.77 bits per heavy atom. The van der Waals surface area contributed by atoms with Crippen LogP contribution in [-0.4, -0.2) is 10.4 Å². The monoisotopic (exact) mass is 289 g/mol. The van der Waals surface area contributed by atoms with Crippen molar-refractivity contribution < 1.29 is 4.79 Å². The molecule has 0 radical (unpaired) electrons. The predicted octanol–water partition coefficient (Wildman–Crippen LogP) is 4.64. The van der Waals surface area contributed by atoms with Crippen LogP contribution in [0.25, 0.3) is 0 Å². The van der Waals surface area contributed by atoms with E-state index in [0.717, 1.165) is 11.3 Å². The molecule has 110 valence electrons. The number of aromatic nitrogens is 1. The van der Waals surface area contributed by atoms with E-state index in [1.54, 1.807) is 6.92 Å². The Bertz CT molecular complexity index is 732. The summed E-state index contributed by atoms with van der Waals surface area (Å²) in [6.07, 6.45) is 2.01. The Morgan fingerprint density at radius 2 is 1.36 bits per heavy atom. The zero-order valence-electron chi connectivity index (χ0n) is 12.9. The molecule has 0 N–H and O–H groups in total. The molecular formula is C20H19NO. The van der Waals surface area contributed by atoms with Gasteiger partial charge in [0.1, 0.15) is 0 Å². The normalized spacial score (nSPS) is 10.9. The summed E-state index contributed by atoms with van der Waals surface area (Å²) in [6, 6.07) is 22.8. The summed E-state index contributed by atoms with van der Waals surface area (Å²) in [7, 11) is 0. The van der Waals surface area contributed by atoms with Gasteiger partial charge in [0, 0.05) is 17.5 Å². The molecule has 0 aliphatic carbocycles. The minimum Gasteiger partial charge on any atom is -0.340 e. The molecule has 0 aliphatic rings. The molecule has 0 bridgehead atoms. The zero-order chi connectivity index (χ0) is 15.5. The average molecular weight is 289 g/mol. The van der Waals surface area contributed by atoms with Crippen LogP contribution in [0.1, 0.15) is 40.1 Å². The van der Waals surface area contributed by atoms with Crippen molar-refractivity contribution in [2.24, 2.45) is 0 Å². The quantitative estimate of drug-likeness (QED) is 0.641. The molecule has 0 atom stereocenters. The van der Waals surface area contributed by atoms with Crippen LogP contribution in [0.5, 0.6) is 0 Å². The second kappa shape index (κ2) is 6.02. The van der Waals surface area contributed by atoms with E-state index in [0.29, 0.717) is 0 Å². The Balaban J connectivity index is 2.17. The summed E-state index contributed by atoms with van der Waals surface area (Å²) in [5.74, 6) is 0.108. The summed E-state index contributed by atoms with van der Waals surface area (Å²) in [5, 5.41) is 0. The maximum absolute atomic E-state index is 11.8. The molecule has 1 heterocycles. The van der Waals surface area contributed by atoms with E-state index in [9.17, 15) is 4.79 Å². The van der Waals surface area contributed by atoms with E-state index in [2.05, 4.69) is 53.1 Å². The third-order valence-corrected chi connectivity index (χ3v) is 4.07. The number of hydrogen-bond donors (Lipinski definition) is 0. The highest BCUT2D eigenvalue weighted by atomic mass is 16.1. The van der Waals surface area contributed by atoms with E-state index < -0.39 is 0 Å². The molecule has 0 spiro atoms. The van der Waals surface area contributed by atoms with Crippen molar-refractivity contribution in [3.63, 3.8) is 0 Å². The highest BCUT2D eigenvalue weighted by Gasteiger charge is 2.19. The lowest BCUT2D eigenvalue weighted by Gasteiger charge is -2.22. The maximum Gasteiger partial charge on any atom is 0.161 e. The molecule has 0 saturated heterocycles. The minimum absolute atomic E-state index is 0.0792. The van der Waals surface area contributed by atoms with E-state index in [-0.39, 0.29) is 11.8 Å². The molecule has 3 rings (SSSR count). The highest BCUT2D eigenvalue weighted by molar-refractivity contribution is 5.95. The molecular weight excluding hydrogens is 270 g/mol. The molecule has 0 unspecified atom stereocenters. The van der Waals surface area contributed by atoms with Crippen LogP contribution in [0.4, 0.5) is 0 Å². The second-order valence-electron chi connectivity index (χ2n) is 5.50. The SMILES string of the molecule is CC(=O)c1ccn(C(c2ccccc2)c2ccccc2)c1C. The van der Waals surface area contributed by atoms with Crippen LogP contribution < -0.4 is 0 Å². The zero-order valence-corrected chi connectivity index (χ0v) is 12.9. The topological polar surface area (TPSA) is 22.0 Å². The van der Waals surface area contributed by atoms with E-state index in [1.807, 2.05) is 31.3 Å². The molecule has 1 aromatic heterocycles. The van der Waals surface area contributed by atoms with Gasteiger partial charge in [-0.15, -0.1) is 0 Å². The van der Waals surface area contributed by atoms with Crippen LogP contribution in [0.3, 0.4) is 0 Å². The lowest BCUT2D eigenvalue weighted by molar-refractivity contribution is 0.101. The van der Waals surface area contributed by atoms with Gasteiger partial charge in [0.2, 0.25) is 0 Å².